The average Bonchev–Trinajstić information content (AvgIpc) is 1.70. The van der Waals surface area contributed by atoms with Crippen LogP contribution in [0, 0.1) is 79.8 Å². The molecule has 0 atom stereocenters. The number of nitrogens with one attached hydrogen (secondary N) is 6. The molecule has 19 rings (SSSR count). The zero-order valence-corrected chi connectivity index (χ0v) is 84.1. The smallest absolute Gasteiger partial charge is 0.278 e. The molecule has 38 nitrogen and oxygen atoms in total. The maximum atomic E-state index is 13.3. The molecule has 144 heavy (non-hydrogen) atoms. The van der Waals surface area contributed by atoms with Crippen LogP contribution in [-0.4, -0.2) is 145 Å². The monoisotopic (exact) mass is 2130 g/mol. The molecular formula is C94H84Cl3F3N24O14S6. The fraction of sp³-hybridized carbons (Fsp3) is 0.106. The number of aryl methyl sites for hydroxylation is 9. The van der Waals surface area contributed by atoms with Crippen LogP contribution in [-0.2, 0) is 60.1 Å². The van der Waals surface area contributed by atoms with Crippen LogP contribution in [0.3, 0.4) is 0 Å². The van der Waals surface area contributed by atoms with Gasteiger partial charge in [0.1, 0.15) is 52.4 Å². The molecule has 0 bridgehead atoms. The average molecular weight is 2130 g/mol. The van der Waals surface area contributed by atoms with Gasteiger partial charge in [0.15, 0.2) is 41.7 Å². The summed E-state index contributed by atoms with van der Waals surface area (Å²) in [6, 6.07) is 55.8. The van der Waals surface area contributed by atoms with Gasteiger partial charge < -0.3 is 9.47 Å². The number of ether oxygens (including phenoxy) is 2. The number of nitrogens with zero attached hydrogens (tertiary/aromatic N) is 18. The van der Waals surface area contributed by atoms with Crippen LogP contribution in [0.25, 0.3) is 35.2 Å². The minimum atomic E-state index is -3.92. The van der Waals surface area contributed by atoms with E-state index in [1.54, 1.807) is 205 Å². The van der Waals surface area contributed by atoms with E-state index in [0.29, 0.717) is 92.2 Å². The van der Waals surface area contributed by atoms with E-state index in [-0.39, 0.29) is 63.9 Å². The first-order valence-electron chi connectivity index (χ1n) is 42.3. The van der Waals surface area contributed by atoms with Crippen molar-refractivity contribution in [2.75, 3.05) is 35.1 Å². The van der Waals surface area contributed by atoms with Crippen LogP contribution in [0.2, 0.25) is 15.6 Å². The Labute approximate surface area is 840 Å². The highest BCUT2D eigenvalue weighted by molar-refractivity contribution is 7.94. The molecule has 0 amide bonds. The maximum Gasteiger partial charge on any atom is 0.278 e. The van der Waals surface area contributed by atoms with Gasteiger partial charge in [0.25, 0.3) is 60.1 Å². The first kappa shape index (κ1) is 104. The molecule has 0 aliphatic carbocycles. The van der Waals surface area contributed by atoms with E-state index in [1.165, 1.54) is 131 Å². The summed E-state index contributed by atoms with van der Waals surface area (Å²) in [6.07, 6.45) is 20.3. The Morgan fingerprint density at radius 3 is 0.944 bits per heavy atom. The lowest BCUT2D eigenvalue weighted by Gasteiger charge is -2.12. The summed E-state index contributed by atoms with van der Waals surface area (Å²) in [5.74, 6) is 2.84. The third-order valence-corrected chi connectivity index (χ3v) is 29.0. The molecule has 6 N–H and O–H groups in total. The Morgan fingerprint density at radius 2 is 0.583 bits per heavy atom. The first-order valence-corrected chi connectivity index (χ1v) is 52.4. The van der Waals surface area contributed by atoms with Crippen LogP contribution in [0.1, 0.15) is 50.7 Å². The zero-order chi connectivity index (χ0) is 103. The van der Waals surface area contributed by atoms with Gasteiger partial charge in [-0.15, -0.1) is 0 Å². The highest BCUT2D eigenvalue weighted by Gasteiger charge is 2.29. The van der Waals surface area contributed by atoms with Crippen molar-refractivity contribution in [2.24, 2.45) is 0 Å². The third kappa shape index (κ3) is 26.3. The molecular weight excluding hydrogens is 2040 g/mol. The summed E-state index contributed by atoms with van der Waals surface area (Å²) < 4.78 is 226. The quantitative estimate of drug-likeness (QED) is 0.0306. The van der Waals surface area contributed by atoms with Crippen molar-refractivity contribution in [2.45, 2.75) is 92.5 Å². The highest BCUT2D eigenvalue weighted by atomic mass is 35.5. The van der Waals surface area contributed by atoms with E-state index in [4.69, 9.17) is 44.3 Å². The van der Waals surface area contributed by atoms with Crippen molar-refractivity contribution >= 4 is 129 Å². The summed E-state index contributed by atoms with van der Waals surface area (Å²) in [4.78, 5) is 48.6. The summed E-state index contributed by atoms with van der Waals surface area (Å²) in [6.45, 7) is 16.2. The molecule has 1 aliphatic heterocycles. The Morgan fingerprint density at radius 1 is 0.278 bits per heavy atom. The standard InChI is InChI=1S/C17H18N4O2S.C16H15FN4O2S.C16H16N4O2S.2C15H12ClFN4O2S.C15H11ClN4O4S/c1-12-9-13(2)11-15(10-12)20-24(22,23)16-5-4-8-21(16)17-18-7-6-14(3)19-17;1-11-10-13(5-6-14(11)17)20-24(22,23)16-4-3-9-21(16)15-7-8-18-12(2)19-15;1-12-9-13(2)11-14(10-12)19-23(21,22)15-5-3-8-20(15)16-17-6-4-7-18-16;1-10-18-7-6-14(19-10)21-8-2-3-15(21)24(22,23)20-11-4-5-13(17)12(16)9-11;1-10-9-11(4-5-12(10)17)20-24(22,23)14-3-2-8-21(14)13-6-7-18-15(16)19-13;16-15-17-6-5-13(18-15)20-7-1-2-14(20)25(21,22)19-10-3-4-11-12(8-10)24-9-23-11/h4-11,20H,1-3H3;3-10,20H,1-2H3;3-11,19H,1-2H3;2*2-9,20H,1H3;1-8,19H,9H2. The van der Waals surface area contributed by atoms with Crippen molar-refractivity contribution in [1.82, 2.24) is 87.2 Å². The topological polar surface area (TPSA) is 480 Å². The van der Waals surface area contributed by atoms with Crippen molar-refractivity contribution < 1.29 is 73.2 Å². The predicted molar refractivity (Wildman–Crippen MR) is 535 cm³/mol. The number of rotatable bonds is 24. The normalized spacial score (nSPS) is 11.7. The number of hydrogen-bond acceptors (Lipinski definition) is 26. The van der Waals surface area contributed by atoms with Gasteiger partial charge in [0.2, 0.25) is 29.3 Å². The van der Waals surface area contributed by atoms with E-state index in [9.17, 15) is 63.7 Å². The largest absolute Gasteiger partial charge is 0.454 e. The second-order valence-corrected chi connectivity index (χ2v) is 42.0. The summed E-state index contributed by atoms with van der Waals surface area (Å²) in [5.41, 5.74) is 7.57. The number of anilines is 6. The molecule has 6 aromatic carbocycles. The van der Waals surface area contributed by atoms with Crippen molar-refractivity contribution in [1.29, 1.82) is 0 Å². The molecule has 1 aliphatic rings. The van der Waals surface area contributed by atoms with Crippen LogP contribution >= 0.6 is 34.8 Å². The van der Waals surface area contributed by atoms with Gasteiger partial charge in [-0.05, 0) is 319 Å². The summed E-state index contributed by atoms with van der Waals surface area (Å²) in [7, 11) is -23.1. The molecule has 12 aromatic heterocycles. The lowest BCUT2D eigenvalue weighted by atomic mass is 10.1. The number of sulfonamides is 6. The number of aromatic nitrogens is 18. The number of fused-ring (bicyclic) bond motifs is 1. The molecule has 0 unspecified atom stereocenters. The molecule has 0 saturated carbocycles. The number of hydrogen-bond donors (Lipinski definition) is 6. The second kappa shape index (κ2) is 44.6. The molecule has 0 spiro atoms. The number of benzene rings is 6. The van der Waals surface area contributed by atoms with Crippen LogP contribution in [0.5, 0.6) is 11.5 Å². The second-order valence-electron chi connectivity index (χ2n) is 31.1. The van der Waals surface area contributed by atoms with Gasteiger partial charge in [-0.1, -0.05) is 23.7 Å². The fourth-order valence-corrected chi connectivity index (χ4v) is 21.6. The lowest BCUT2D eigenvalue weighted by Crippen LogP contribution is -2.17. The molecule has 13 heterocycles. The van der Waals surface area contributed by atoms with E-state index in [1.807, 2.05) is 46.8 Å². The predicted octanol–water partition coefficient (Wildman–Crippen LogP) is 17.3. The van der Waals surface area contributed by atoms with Gasteiger partial charge in [0, 0.05) is 115 Å². The Hall–Kier alpha value is -15.8. The minimum absolute atomic E-state index is 0.00617. The molecule has 742 valence electrons. The van der Waals surface area contributed by atoms with Crippen LogP contribution < -0.4 is 37.8 Å². The molecule has 0 fully saturated rings. The van der Waals surface area contributed by atoms with Crippen molar-refractivity contribution in [3.63, 3.8) is 0 Å². The van der Waals surface area contributed by atoms with Gasteiger partial charge in [-0.3, -0.25) is 55.7 Å². The number of halogens is 6. The lowest BCUT2D eigenvalue weighted by molar-refractivity contribution is 0.174. The van der Waals surface area contributed by atoms with Gasteiger partial charge in [0.05, 0.1) is 16.4 Å². The van der Waals surface area contributed by atoms with Crippen molar-refractivity contribution in [3.8, 4) is 46.7 Å². The summed E-state index contributed by atoms with van der Waals surface area (Å²) in [5, 5.41) is 0.0416. The van der Waals surface area contributed by atoms with E-state index < -0.39 is 77.6 Å². The Balaban J connectivity index is 0.000000137. The maximum absolute atomic E-state index is 13.3. The summed E-state index contributed by atoms with van der Waals surface area (Å²) >= 11 is 17.2. The van der Waals surface area contributed by atoms with Crippen LogP contribution in [0.4, 0.5) is 47.3 Å². The van der Waals surface area contributed by atoms with E-state index in [0.717, 1.165) is 34.0 Å². The highest BCUT2D eigenvalue weighted by Crippen LogP contribution is 2.36. The fourth-order valence-electron chi connectivity index (χ4n) is 13.9. The first-order chi connectivity index (χ1) is 68.4. The van der Waals surface area contributed by atoms with Gasteiger partial charge in [-0.25, -0.2) is 63.0 Å². The van der Waals surface area contributed by atoms with Crippen LogP contribution in [0.15, 0.2) is 329 Å². The van der Waals surface area contributed by atoms with Crippen molar-refractivity contribution in [3.05, 3.63) is 383 Å². The van der Waals surface area contributed by atoms with Gasteiger partial charge in [-0.2, -0.15) is 60.5 Å². The third-order valence-electron chi connectivity index (χ3n) is 20.0. The SMILES string of the molecule is Cc1cc(C)cc(NS(=O)(=O)c2cccn2-c2nccc(C)n2)c1.Cc1cc(C)cc(NS(=O)(=O)c2cccn2-c2ncccn2)c1.Cc1cc(NS(=O)(=O)c2cccn2-c2ccnc(Cl)n2)ccc1F.Cc1nccc(-n2cccc2S(=O)(=O)Nc2ccc(F)c(C)c2)n1.Cc1nccc(-n2cccc2S(=O)(=O)Nc2ccc(F)c(Cl)c2)n1.O=S(=O)(Nc1ccc2c(c1)OCO2)c1cccn1-c1ccnc(Cl)n1. The molecule has 18 aromatic rings. The van der Waals surface area contributed by atoms with E-state index in [2.05, 4.69) is 88.1 Å². The van der Waals surface area contributed by atoms with E-state index >= 15 is 0 Å². The molecule has 50 heteroatoms. The van der Waals surface area contributed by atoms with Gasteiger partial charge >= 0.3 is 0 Å². The molecule has 0 radical (unpaired) electrons. The Bertz CT molecular complexity index is 8100. The Kier molecular flexibility index (Phi) is 32.2. The molecule has 0 saturated heterocycles. The minimum Gasteiger partial charge on any atom is -0.454 e. The zero-order valence-electron chi connectivity index (χ0n) is 77.0.